The molecule has 0 bridgehead atoms. The quantitative estimate of drug-likeness (QED) is 0.687. The zero-order valence-corrected chi connectivity index (χ0v) is 10.7. The van der Waals surface area contributed by atoms with Crippen molar-refractivity contribution in [1.82, 2.24) is 19.5 Å². The van der Waals surface area contributed by atoms with Crippen molar-refractivity contribution in [3.63, 3.8) is 0 Å². The van der Waals surface area contributed by atoms with E-state index in [4.69, 9.17) is 15.6 Å². The third-order valence-corrected chi connectivity index (χ3v) is 3.58. The second-order valence-corrected chi connectivity index (χ2v) is 4.83. The van der Waals surface area contributed by atoms with E-state index in [-0.39, 0.29) is 23.7 Å². The molecular weight excluding hydrogens is 269 g/mol. The Balaban J connectivity index is 2.09. The van der Waals surface area contributed by atoms with Crippen molar-refractivity contribution in [2.45, 2.75) is 25.4 Å². The highest BCUT2D eigenvalue weighted by atomic mass is 19.1. The number of aliphatic hydroxyl groups is 1. The second-order valence-electron chi connectivity index (χ2n) is 4.83. The van der Waals surface area contributed by atoms with Crippen LogP contribution >= 0.6 is 0 Å². The summed E-state index contributed by atoms with van der Waals surface area (Å²) in [6.07, 6.45) is -1.64. The van der Waals surface area contributed by atoms with Crippen molar-refractivity contribution in [2.75, 3.05) is 12.3 Å². The summed E-state index contributed by atoms with van der Waals surface area (Å²) in [5, 5.41) is 9.16. The number of halogens is 1. The Morgan fingerprint density at radius 3 is 3.05 bits per heavy atom. The van der Waals surface area contributed by atoms with Crippen molar-refractivity contribution in [3.05, 3.63) is 16.7 Å². The number of aromatic nitrogens is 4. The van der Waals surface area contributed by atoms with Gasteiger partial charge in [-0.2, -0.15) is 4.98 Å². The summed E-state index contributed by atoms with van der Waals surface area (Å²) < 4.78 is 21.1. The number of nitrogen functional groups attached to an aromatic ring is 1. The maximum Gasteiger partial charge on any atom is 0.280 e. The van der Waals surface area contributed by atoms with Crippen LogP contribution in [0.15, 0.2) is 11.1 Å². The van der Waals surface area contributed by atoms with E-state index in [1.54, 1.807) is 6.92 Å². The van der Waals surface area contributed by atoms with Crippen molar-refractivity contribution in [2.24, 2.45) is 5.92 Å². The lowest BCUT2D eigenvalue weighted by atomic mass is 10.0. The van der Waals surface area contributed by atoms with E-state index in [0.29, 0.717) is 0 Å². The minimum absolute atomic E-state index is 0.0649. The monoisotopic (exact) mass is 283 g/mol. The van der Waals surface area contributed by atoms with Crippen LogP contribution in [0.4, 0.5) is 10.3 Å². The molecule has 108 valence electrons. The lowest BCUT2D eigenvalue weighted by molar-refractivity contribution is -0.0378. The largest absolute Gasteiger partial charge is 0.394 e. The van der Waals surface area contributed by atoms with Crippen molar-refractivity contribution in [3.8, 4) is 0 Å². The van der Waals surface area contributed by atoms with Crippen LogP contribution < -0.4 is 11.3 Å². The molecule has 0 spiro atoms. The number of hydrogen-bond donors (Lipinski definition) is 3. The molecule has 2 aromatic rings. The van der Waals surface area contributed by atoms with Crippen LogP contribution in [-0.2, 0) is 4.74 Å². The SMILES string of the molecule is C[C@H]1[C@@H](F)[C@H](n2cnc3c(=O)[nH]c(N)nc32)O[C@@H]1CO. The Morgan fingerprint density at radius 2 is 2.40 bits per heavy atom. The van der Waals surface area contributed by atoms with Gasteiger partial charge in [-0.15, -0.1) is 0 Å². The molecule has 3 rings (SSSR count). The van der Waals surface area contributed by atoms with Gasteiger partial charge in [0.15, 0.2) is 23.6 Å². The van der Waals surface area contributed by atoms with Gasteiger partial charge in [0.05, 0.1) is 19.0 Å². The molecule has 20 heavy (non-hydrogen) atoms. The van der Waals surface area contributed by atoms with Crippen LogP contribution in [0.3, 0.4) is 0 Å². The van der Waals surface area contributed by atoms with E-state index in [2.05, 4.69) is 15.0 Å². The number of H-pyrrole nitrogens is 1. The number of nitrogens with zero attached hydrogens (tertiary/aromatic N) is 3. The third-order valence-electron chi connectivity index (χ3n) is 3.58. The van der Waals surface area contributed by atoms with Crippen molar-refractivity contribution >= 4 is 17.1 Å². The maximum atomic E-state index is 14.3. The summed E-state index contributed by atoms with van der Waals surface area (Å²) in [5.74, 6) is -0.550. The molecule has 0 aliphatic carbocycles. The fourth-order valence-corrected chi connectivity index (χ4v) is 2.40. The Morgan fingerprint density at radius 1 is 1.65 bits per heavy atom. The summed E-state index contributed by atoms with van der Waals surface area (Å²) in [6, 6.07) is 0. The first kappa shape index (κ1) is 13.0. The predicted molar refractivity (Wildman–Crippen MR) is 67.6 cm³/mol. The van der Waals surface area contributed by atoms with Crippen LogP contribution in [-0.4, -0.2) is 43.5 Å². The van der Waals surface area contributed by atoms with E-state index in [9.17, 15) is 9.18 Å². The zero-order valence-electron chi connectivity index (χ0n) is 10.7. The van der Waals surface area contributed by atoms with Crippen molar-refractivity contribution < 1.29 is 14.2 Å². The molecule has 4 N–H and O–H groups in total. The Kier molecular flexibility index (Phi) is 2.94. The van der Waals surface area contributed by atoms with E-state index >= 15 is 0 Å². The van der Waals surface area contributed by atoms with E-state index in [0.717, 1.165) is 0 Å². The van der Waals surface area contributed by atoms with Crippen LogP contribution in [0.5, 0.6) is 0 Å². The molecule has 1 aliphatic rings. The number of hydrogen-bond acceptors (Lipinski definition) is 6. The van der Waals surface area contributed by atoms with Crippen molar-refractivity contribution in [1.29, 1.82) is 0 Å². The molecule has 1 saturated heterocycles. The second kappa shape index (κ2) is 4.53. The van der Waals surface area contributed by atoms with Gasteiger partial charge >= 0.3 is 0 Å². The molecule has 3 heterocycles. The topological polar surface area (TPSA) is 119 Å². The van der Waals surface area contributed by atoms with Crippen LogP contribution in [0.25, 0.3) is 11.2 Å². The Bertz CT molecular complexity index is 699. The molecule has 0 saturated carbocycles. The van der Waals surface area contributed by atoms with Gasteiger partial charge in [0, 0.05) is 5.92 Å². The van der Waals surface area contributed by atoms with Gasteiger partial charge in [0.2, 0.25) is 5.95 Å². The first-order chi connectivity index (χ1) is 9.52. The van der Waals surface area contributed by atoms with Crippen LogP contribution in [0.1, 0.15) is 13.2 Å². The van der Waals surface area contributed by atoms with Crippen LogP contribution in [0, 0.1) is 5.92 Å². The van der Waals surface area contributed by atoms with Gasteiger partial charge in [-0.25, -0.2) is 9.37 Å². The number of ether oxygens (including phenoxy) is 1. The lowest BCUT2D eigenvalue weighted by Gasteiger charge is -2.15. The minimum Gasteiger partial charge on any atom is -0.394 e. The standard InChI is InChI=1S/C11H14FN5O3/c1-4-5(2-18)20-10(6(4)12)17-3-14-7-8(17)15-11(13)16-9(7)19/h3-6,10,18H,2H2,1H3,(H3,13,15,16,19)/t4-,5-,6-,10-/m1/s1. The highest BCUT2D eigenvalue weighted by Gasteiger charge is 2.43. The average Bonchev–Trinajstić information content (AvgIpc) is 2.93. The number of aromatic amines is 1. The Labute approximate surface area is 112 Å². The Hall–Kier alpha value is -2.00. The highest BCUT2D eigenvalue weighted by Crippen LogP contribution is 2.36. The number of rotatable bonds is 2. The molecule has 0 radical (unpaired) electrons. The van der Waals surface area contributed by atoms with Gasteiger partial charge in [-0.1, -0.05) is 6.92 Å². The third kappa shape index (κ3) is 1.78. The van der Waals surface area contributed by atoms with Gasteiger partial charge in [-0.05, 0) is 0 Å². The summed E-state index contributed by atoms with van der Waals surface area (Å²) >= 11 is 0. The first-order valence-corrected chi connectivity index (χ1v) is 6.15. The van der Waals surface area contributed by atoms with Crippen LogP contribution in [0.2, 0.25) is 0 Å². The maximum absolute atomic E-state index is 14.3. The number of imidazole rings is 1. The molecular formula is C11H14FN5O3. The molecule has 8 nitrogen and oxygen atoms in total. The molecule has 0 aromatic carbocycles. The number of nitrogens with one attached hydrogen (secondary N) is 1. The summed E-state index contributed by atoms with van der Waals surface area (Å²) in [6.45, 7) is 1.38. The van der Waals surface area contributed by atoms with E-state index in [1.165, 1.54) is 10.9 Å². The normalized spacial score (nSPS) is 30.1. The van der Waals surface area contributed by atoms with Gasteiger partial charge in [0.25, 0.3) is 5.56 Å². The average molecular weight is 283 g/mol. The minimum atomic E-state index is -1.34. The molecule has 9 heteroatoms. The molecule has 2 aromatic heterocycles. The molecule has 4 atom stereocenters. The number of nitrogens with two attached hydrogens (primary N) is 1. The van der Waals surface area contributed by atoms with Gasteiger partial charge in [0.1, 0.15) is 0 Å². The van der Waals surface area contributed by atoms with Gasteiger partial charge < -0.3 is 15.6 Å². The summed E-state index contributed by atoms with van der Waals surface area (Å²) in [5.41, 5.74) is 5.21. The fraction of sp³-hybridized carbons (Fsp3) is 0.545. The fourth-order valence-electron chi connectivity index (χ4n) is 2.40. The van der Waals surface area contributed by atoms with E-state index < -0.39 is 30.0 Å². The van der Waals surface area contributed by atoms with E-state index in [1.807, 2.05) is 0 Å². The zero-order chi connectivity index (χ0) is 14.4. The summed E-state index contributed by atoms with van der Waals surface area (Å²) in [7, 11) is 0. The van der Waals surface area contributed by atoms with Gasteiger partial charge in [-0.3, -0.25) is 14.3 Å². The first-order valence-electron chi connectivity index (χ1n) is 6.15. The predicted octanol–water partition coefficient (Wildman–Crippen LogP) is -0.434. The molecule has 1 aliphatic heterocycles. The number of alkyl halides is 1. The lowest BCUT2D eigenvalue weighted by Crippen LogP contribution is -2.22. The molecule has 1 fully saturated rings. The number of anilines is 1. The molecule has 0 unspecified atom stereocenters. The number of aliphatic hydroxyl groups excluding tert-OH is 1. The highest BCUT2D eigenvalue weighted by molar-refractivity contribution is 5.70. The number of fused-ring (bicyclic) bond motifs is 1. The summed E-state index contributed by atoms with van der Waals surface area (Å²) in [4.78, 5) is 21.9. The smallest absolute Gasteiger partial charge is 0.280 e. The molecule has 0 amide bonds.